The van der Waals surface area contributed by atoms with Crippen molar-refractivity contribution in [2.75, 3.05) is 14.2 Å². The molecule has 0 aromatic rings. The van der Waals surface area contributed by atoms with Crippen molar-refractivity contribution in [1.82, 2.24) is 0 Å². The number of oxime groups is 1. The van der Waals surface area contributed by atoms with Gasteiger partial charge in [-0.15, -0.1) is 0 Å². The van der Waals surface area contributed by atoms with Gasteiger partial charge in [0.25, 0.3) is 0 Å². The van der Waals surface area contributed by atoms with Gasteiger partial charge >= 0.3 is 11.9 Å². The molecule has 7 heteroatoms. The highest BCUT2D eigenvalue weighted by atomic mass is 16.5. The third-order valence-electron chi connectivity index (χ3n) is 1.28. The van der Waals surface area contributed by atoms with Gasteiger partial charge in [-0.3, -0.25) is 9.59 Å². The number of carbonyl (C=O) groups is 3. The lowest BCUT2D eigenvalue weighted by Gasteiger charge is -2.00. The highest BCUT2D eigenvalue weighted by Crippen LogP contribution is 1.93. The Morgan fingerprint density at radius 1 is 1.21 bits per heavy atom. The molecule has 0 amide bonds. The van der Waals surface area contributed by atoms with E-state index in [4.69, 9.17) is 5.21 Å². The second-order valence-corrected chi connectivity index (χ2v) is 2.12. The molecule has 0 unspecified atom stereocenters. The SMILES string of the molecule is COC(=O)CC(=O)/C(=N/O)C(=O)OC. The van der Waals surface area contributed by atoms with Crippen LogP contribution in [-0.4, -0.2) is 42.9 Å². The molecule has 0 aromatic carbocycles. The predicted octanol–water partition coefficient (Wildman–Crippen LogP) is -0.878. The van der Waals surface area contributed by atoms with Crippen LogP contribution in [0.4, 0.5) is 0 Å². The van der Waals surface area contributed by atoms with E-state index in [0.29, 0.717) is 0 Å². The van der Waals surface area contributed by atoms with Crippen LogP contribution in [0.2, 0.25) is 0 Å². The van der Waals surface area contributed by atoms with Crippen molar-refractivity contribution in [3.05, 3.63) is 0 Å². The van der Waals surface area contributed by atoms with E-state index in [9.17, 15) is 14.4 Å². The highest BCUT2D eigenvalue weighted by Gasteiger charge is 2.24. The molecule has 0 rings (SSSR count). The first-order valence-electron chi connectivity index (χ1n) is 3.47. The average Bonchev–Trinajstić information content (AvgIpc) is 2.18. The van der Waals surface area contributed by atoms with Crippen LogP contribution in [-0.2, 0) is 23.9 Å². The van der Waals surface area contributed by atoms with E-state index in [1.165, 1.54) is 0 Å². The molecule has 78 valence electrons. The van der Waals surface area contributed by atoms with E-state index in [-0.39, 0.29) is 0 Å². The number of ether oxygens (including phenoxy) is 2. The molecule has 1 N–H and O–H groups in total. The minimum Gasteiger partial charge on any atom is -0.469 e. The average molecular weight is 203 g/mol. The van der Waals surface area contributed by atoms with Crippen LogP contribution in [0.5, 0.6) is 0 Å². The van der Waals surface area contributed by atoms with Crippen LogP contribution < -0.4 is 0 Å². The first-order chi connectivity index (χ1) is 6.56. The van der Waals surface area contributed by atoms with Crippen LogP contribution in [0.3, 0.4) is 0 Å². The number of methoxy groups -OCH3 is 2. The summed E-state index contributed by atoms with van der Waals surface area (Å²) in [4.78, 5) is 32.4. The number of carbonyl (C=O) groups excluding carboxylic acids is 3. The lowest BCUT2D eigenvalue weighted by Crippen LogP contribution is -2.27. The quantitative estimate of drug-likeness (QED) is 0.209. The summed E-state index contributed by atoms with van der Waals surface area (Å²) in [6.45, 7) is 0. The summed E-state index contributed by atoms with van der Waals surface area (Å²) in [5.74, 6) is -2.91. The number of hydrogen-bond acceptors (Lipinski definition) is 7. The lowest BCUT2D eigenvalue weighted by atomic mass is 10.2. The summed E-state index contributed by atoms with van der Waals surface area (Å²) in [5, 5.41) is 10.7. The number of nitrogens with zero attached hydrogens (tertiary/aromatic N) is 1. The Hall–Kier alpha value is -1.92. The normalized spacial score (nSPS) is 10.6. The molecule has 0 fully saturated rings. The fourth-order valence-corrected chi connectivity index (χ4v) is 0.594. The second kappa shape index (κ2) is 5.68. The van der Waals surface area contributed by atoms with E-state index < -0.39 is 29.9 Å². The molecule has 0 heterocycles. The van der Waals surface area contributed by atoms with Crippen molar-refractivity contribution in [2.24, 2.45) is 5.16 Å². The van der Waals surface area contributed by atoms with Gasteiger partial charge in [-0.25, -0.2) is 4.79 Å². The number of ketones is 1. The zero-order valence-corrected chi connectivity index (χ0v) is 7.64. The molecular weight excluding hydrogens is 194 g/mol. The highest BCUT2D eigenvalue weighted by molar-refractivity contribution is 6.65. The number of esters is 2. The van der Waals surface area contributed by atoms with Gasteiger partial charge in [0.15, 0.2) is 0 Å². The van der Waals surface area contributed by atoms with Crippen molar-refractivity contribution in [1.29, 1.82) is 0 Å². The molecule has 0 atom stereocenters. The van der Waals surface area contributed by atoms with E-state index in [0.717, 1.165) is 14.2 Å². The molecule has 0 aliphatic heterocycles. The monoisotopic (exact) mass is 203 g/mol. The molecule has 7 nitrogen and oxygen atoms in total. The van der Waals surface area contributed by atoms with Crippen LogP contribution >= 0.6 is 0 Å². The van der Waals surface area contributed by atoms with Gasteiger partial charge in [0, 0.05) is 0 Å². The van der Waals surface area contributed by atoms with E-state index in [2.05, 4.69) is 14.6 Å². The number of rotatable bonds is 4. The van der Waals surface area contributed by atoms with Gasteiger partial charge < -0.3 is 14.7 Å². The number of Topliss-reactive ketones (excluding diaryl/α,β-unsaturated/α-hetero) is 1. The summed E-state index contributed by atoms with van der Waals surface area (Å²) in [5.41, 5.74) is -0.835. The predicted molar refractivity (Wildman–Crippen MR) is 42.9 cm³/mol. The Morgan fingerprint density at radius 3 is 2.14 bits per heavy atom. The summed E-state index contributed by atoms with van der Waals surface area (Å²) in [6, 6.07) is 0. The molecule has 0 saturated heterocycles. The fourth-order valence-electron chi connectivity index (χ4n) is 0.594. The van der Waals surface area contributed by atoms with Gasteiger partial charge in [0.05, 0.1) is 14.2 Å². The first kappa shape index (κ1) is 12.1. The third-order valence-corrected chi connectivity index (χ3v) is 1.28. The van der Waals surface area contributed by atoms with Gasteiger partial charge in [0.2, 0.25) is 11.5 Å². The Labute approximate surface area is 79.3 Å². The molecule has 0 bridgehead atoms. The van der Waals surface area contributed by atoms with E-state index >= 15 is 0 Å². The largest absolute Gasteiger partial charge is 0.469 e. The van der Waals surface area contributed by atoms with Crippen molar-refractivity contribution >= 4 is 23.4 Å². The van der Waals surface area contributed by atoms with Crippen LogP contribution in [0, 0.1) is 0 Å². The minimum atomic E-state index is -1.11. The van der Waals surface area contributed by atoms with Crippen LogP contribution in [0.1, 0.15) is 6.42 Å². The minimum absolute atomic E-state index is 0.676. The van der Waals surface area contributed by atoms with Gasteiger partial charge in [-0.2, -0.15) is 0 Å². The van der Waals surface area contributed by atoms with E-state index in [1.54, 1.807) is 0 Å². The van der Waals surface area contributed by atoms with E-state index in [1.807, 2.05) is 0 Å². The summed E-state index contributed by atoms with van der Waals surface area (Å²) < 4.78 is 8.32. The Kier molecular flexibility index (Phi) is 4.90. The topological polar surface area (TPSA) is 102 Å². The molecular formula is C7H9NO6. The second-order valence-electron chi connectivity index (χ2n) is 2.12. The van der Waals surface area contributed by atoms with Crippen molar-refractivity contribution in [2.45, 2.75) is 6.42 Å². The Bertz CT molecular complexity index is 282. The van der Waals surface area contributed by atoms with Crippen molar-refractivity contribution in [3.63, 3.8) is 0 Å². The zero-order valence-electron chi connectivity index (χ0n) is 7.64. The first-order valence-corrected chi connectivity index (χ1v) is 3.47. The number of hydrogen-bond donors (Lipinski definition) is 1. The molecule has 0 spiro atoms. The maximum atomic E-state index is 11.1. The molecule has 0 aliphatic carbocycles. The molecule has 0 aromatic heterocycles. The maximum absolute atomic E-state index is 11.1. The third kappa shape index (κ3) is 3.21. The maximum Gasteiger partial charge on any atom is 0.363 e. The lowest BCUT2D eigenvalue weighted by molar-refractivity contribution is -0.142. The standard InChI is InChI=1S/C7H9NO6/c1-13-5(10)3-4(9)6(8-12)7(11)14-2/h12H,3H2,1-2H3/b8-6-. The molecule has 14 heavy (non-hydrogen) atoms. The molecule has 0 saturated carbocycles. The van der Waals surface area contributed by atoms with Gasteiger partial charge in [0.1, 0.15) is 6.42 Å². The van der Waals surface area contributed by atoms with Crippen LogP contribution in [0.25, 0.3) is 0 Å². The smallest absolute Gasteiger partial charge is 0.363 e. The Balaban J connectivity index is 4.50. The van der Waals surface area contributed by atoms with Crippen LogP contribution in [0.15, 0.2) is 5.16 Å². The Morgan fingerprint density at radius 2 is 1.79 bits per heavy atom. The fraction of sp³-hybridized carbons (Fsp3) is 0.429. The van der Waals surface area contributed by atoms with Crippen molar-refractivity contribution in [3.8, 4) is 0 Å². The zero-order chi connectivity index (χ0) is 11.1. The summed E-state index contributed by atoms with van der Waals surface area (Å²) in [6.07, 6.45) is -0.676. The summed E-state index contributed by atoms with van der Waals surface area (Å²) >= 11 is 0. The van der Waals surface area contributed by atoms with Gasteiger partial charge in [-0.05, 0) is 0 Å². The van der Waals surface area contributed by atoms with Gasteiger partial charge in [-0.1, -0.05) is 5.16 Å². The summed E-state index contributed by atoms with van der Waals surface area (Å²) in [7, 11) is 2.10. The van der Waals surface area contributed by atoms with Crippen molar-refractivity contribution < 1.29 is 29.1 Å². The molecule has 0 aliphatic rings. The molecule has 0 radical (unpaired) electrons.